The summed E-state index contributed by atoms with van der Waals surface area (Å²) in [6.07, 6.45) is 0. The molecular weight excluding hydrogens is 326 g/mol. The second-order valence-corrected chi connectivity index (χ2v) is 5.03. The van der Waals surface area contributed by atoms with Crippen LogP contribution in [-0.2, 0) is 0 Å². The summed E-state index contributed by atoms with van der Waals surface area (Å²) in [6, 6.07) is 11.2. The smallest absolute Gasteiger partial charge is 0.269 e. The Morgan fingerprint density at radius 1 is 1.12 bits per heavy atom. The minimum absolute atomic E-state index is 0.000000588. The van der Waals surface area contributed by atoms with Crippen LogP contribution in [0.1, 0.15) is 6.92 Å². The Bertz CT molecular complexity index is 890. The van der Waals surface area contributed by atoms with Gasteiger partial charge in [-0.1, -0.05) is 5.16 Å². The summed E-state index contributed by atoms with van der Waals surface area (Å²) in [7, 11) is 1.57. The van der Waals surface area contributed by atoms with E-state index < -0.39 is 4.92 Å². The highest BCUT2D eigenvalue weighted by Gasteiger charge is 2.14. The number of non-ortho nitro benzene ring substituents is 1. The van der Waals surface area contributed by atoms with Crippen LogP contribution in [0.15, 0.2) is 47.0 Å². The van der Waals surface area contributed by atoms with Crippen molar-refractivity contribution in [2.24, 2.45) is 0 Å². The van der Waals surface area contributed by atoms with E-state index in [2.05, 4.69) is 10.1 Å². The van der Waals surface area contributed by atoms with E-state index in [9.17, 15) is 10.1 Å². The molecule has 8 nitrogen and oxygen atoms in total. The van der Waals surface area contributed by atoms with Crippen molar-refractivity contribution in [2.75, 3.05) is 13.7 Å². The van der Waals surface area contributed by atoms with Gasteiger partial charge >= 0.3 is 0 Å². The second-order valence-electron chi connectivity index (χ2n) is 5.03. The van der Waals surface area contributed by atoms with Gasteiger partial charge in [-0.15, -0.1) is 0 Å². The zero-order chi connectivity index (χ0) is 17.8. The average molecular weight is 341 g/mol. The van der Waals surface area contributed by atoms with E-state index in [1.165, 1.54) is 12.1 Å². The normalized spacial score (nSPS) is 10.5. The summed E-state index contributed by atoms with van der Waals surface area (Å²) in [6.45, 7) is 2.38. The van der Waals surface area contributed by atoms with Gasteiger partial charge in [0.15, 0.2) is 11.5 Å². The Kier molecular flexibility index (Phi) is 4.60. The number of benzene rings is 2. The largest absolute Gasteiger partial charge is 0.493 e. The van der Waals surface area contributed by atoms with Crippen molar-refractivity contribution in [1.82, 2.24) is 10.1 Å². The van der Waals surface area contributed by atoms with Crippen LogP contribution in [0.5, 0.6) is 11.5 Å². The number of methoxy groups -OCH3 is 1. The SMILES string of the molecule is CCOc1cc(-c2noc(-c3ccc([N+](=O)[O-])cc3)n2)ccc1OC. The maximum absolute atomic E-state index is 10.7. The predicted molar refractivity (Wildman–Crippen MR) is 89.5 cm³/mol. The average Bonchev–Trinajstić information content (AvgIpc) is 3.12. The topological polar surface area (TPSA) is 101 Å². The van der Waals surface area contributed by atoms with E-state index in [1.807, 2.05) is 6.92 Å². The highest BCUT2D eigenvalue weighted by molar-refractivity contribution is 5.63. The van der Waals surface area contributed by atoms with Gasteiger partial charge in [-0.3, -0.25) is 10.1 Å². The first-order valence-electron chi connectivity index (χ1n) is 7.52. The summed E-state index contributed by atoms with van der Waals surface area (Å²) in [5.74, 6) is 1.87. The molecule has 0 aliphatic carbocycles. The quantitative estimate of drug-likeness (QED) is 0.497. The molecule has 0 N–H and O–H groups in total. The molecule has 2 aromatic carbocycles. The molecule has 0 aliphatic rings. The van der Waals surface area contributed by atoms with E-state index in [0.29, 0.717) is 35.1 Å². The zero-order valence-electron chi connectivity index (χ0n) is 13.6. The minimum atomic E-state index is -0.463. The van der Waals surface area contributed by atoms with Gasteiger partial charge in [-0.25, -0.2) is 0 Å². The fraction of sp³-hybridized carbons (Fsp3) is 0.176. The van der Waals surface area contributed by atoms with Gasteiger partial charge in [0.1, 0.15) is 0 Å². The summed E-state index contributed by atoms with van der Waals surface area (Å²) in [5.41, 5.74) is 1.31. The van der Waals surface area contributed by atoms with Gasteiger partial charge in [0.25, 0.3) is 11.6 Å². The van der Waals surface area contributed by atoms with Gasteiger partial charge < -0.3 is 14.0 Å². The standard InChI is InChI=1S/C17H15N3O5/c1-3-24-15-10-12(6-9-14(15)23-2)16-18-17(25-19-16)11-4-7-13(8-5-11)20(21)22/h4-10H,3H2,1-2H3. The maximum atomic E-state index is 10.7. The third-order valence-electron chi connectivity index (χ3n) is 3.47. The van der Waals surface area contributed by atoms with Gasteiger partial charge in [0, 0.05) is 23.3 Å². The van der Waals surface area contributed by atoms with Crippen LogP contribution < -0.4 is 9.47 Å². The summed E-state index contributed by atoms with van der Waals surface area (Å²) < 4.78 is 16.1. The van der Waals surface area contributed by atoms with E-state index >= 15 is 0 Å². The lowest BCUT2D eigenvalue weighted by molar-refractivity contribution is -0.384. The van der Waals surface area contributed by atoms with E-state index in [0.717, 1.165) is 0 Å². The van der Waals surface area contributed by atoms with Crippen molar-refractivity contribution < 1.29 is 18.9 Å². The van der Waals surface area contributed by atoms with Crippen LogP contribution in [0.4, 0.5) is 5.69 Å². The Labute approximate surface area is 143 Å². The van der Waals surface area contributed by atoms with E-state index in [-0.39, 0.29) is 11.6 Å². The molecule has 0 fully saturated rings. The van der Waals surface area contributed by atoms with Crippen LogP contribution in [0.3, 0.4) is 0 Å². The number of hydrogen-bond acceptors (Lipinski definition) is 7. The molecule has 8 heteroatoms. The molecule has 0 radical (unpaired) electrons. The van der Waals surface area contributed by atoms with Crippen LogP contribution in [0, 0.1) is 10.1 Å². The lowest BCUT2D eigenvalue weighted by atomic mass is 10.2. The predicted octanol–water partition coefficient (Wildman–Crippen LogP) is 3.72. The minimum Gasteiger partial charge on any atom is -0.493 e. The van der Waals surface area contributed by atoms with Gasteiger partial charge in [-0.2, -0.15) is 4.98 Å². The molecule has 0 aliphatic heterocycles. The first-order chi connectivity index (χ1) is 12.1. The monoisotopic (exact) mass is 341 g/mol. The van der Waals surface area contributed by atoms with Crippen LogP contribution in [-0.4, -0.2) is 28.8 Å². The molecule has 0 spiro atoms. The fourth-order valence-electron chi connectivity index (χ4n) is 2.27. The van der Waals surface area contributed by atoms with Crippen LogP contribution in [0.2, 0.25) is 0 Å². The van der Waals surface area contributed by atoms with Crippen LogP contribution in [0.25, 0.3) is 22.8 Å². The molecule has 3 aromatic rings. The number of nitro groups is 1. The van der Waals surface area contributed by atoms with E-state index in [4.69, 9.17) is 14.0 Å². The molecule has 0 saturated carbocycles. The van der Waals surface area contributed by atoms with E-state index in [1.54, 1.807) is 37.4 Å². The number of hydrogen-bond donors (Lipinski definition) is 0. The Morgan fingerprint density at radius 3 is 2.48 bits per heavy atom. The Morgan fingerprint density at radius 2 is 1.84 bits per heavy atom. The molecule has 3 rings (SSSR count). The lowest BCUT2D eigenvalue weighted by Gasteiger charge is -2.09. The number of nitrogens with zero attached hydrogens (tertiary/aromatic N) is 3. The zero-order valence-corrected chi connectivity index (χ0v) is 13.6. The first-order valence-corrected chi connectivity index (χ1v) is 7.52. The van der Waals surface area contributed by atoms with Crippen molar-refractivity contribution in [3.8, 4) is 34.3 Å². The van der Waals surface area contributed by atoms with Crippen molar-refractivity contribution in [3.05, 3.63) is 52.6 Å². The molecular formula is C17H15N3O5. The van der Waals surface area contributed by atoms with Gasteiger partial charge in [-0.05, 0) is 37.3 Å². The van der Waals surface area contributed by atoms with Crippen molar-refractivity contribution in [1.29, 1.82) is 0 Å². The highest BCUT2D eigenvalue weighted by Crippen LogP contribution is 2.32. The fourth-order valence-corrected chi connectivity index (χ4v) is 2.27. The molecule has 0 unspecified atom stereocenters. The molecule has 0 atom stereocenters. The maximum Gasteiger partial charge on any atom is 0.269 e. The van der Waals surface area contributed by atoms with Crippen LogP contribution >= 0.6 is 0 Å². The first kappa shape index (κ1) is 16.4. The van der Waals surface area contributed by atoms with Gasteiger partial charge in [0.05, 0.1) is 18.6 Å². The molecule has 25 heavy (non-hydrogen) atoms. The number of aromatic nitrogens is 2. The third-order valence-corrected chi connectivity index (χ3v) is 3.47. The van der Waals surface area contributed by atoms with Gasteiger partial charge in [0.2, 0.25) is 5.82 Å². The molecule has 0 bridgehead atoms. The Hall–Kier alpha value is -3.42. The molecule has 0 amide bonds. The number of nitro benzene ring substituents is 1. The third kappa shape index (κ3) is 3.42. The second kappa shape index (κ2) is 7.00. The molecule has 1 heterocycles. The van der Waals surface area contributed by atoms with Crippen molar-refractivity contribution in [3.63, 3.8) is 0 Å². The van der Waals surface area contributed by atoms with Crippen molar-refractivity contribution in [2.45, 2.75) is 6.92 Å². The molecule has 0 saturated heterocycles. The number of ether oxygens (including phenoxy) is 2. The summed E-state index contributed by atoms with van der Waals surface area (Å²) in [5, 5.41) is 14.7. The summed E-state index contributed by atoms with van der Waals surface area (Å²) in [4.78, 5) is 14.6. The highest BCUT2D eigenvalue weighted by atomic mass is 16.6. The Balaban J connectivity index is 1.90. The molecule has 128 valence electrons. The lowest BCUT2D eigenvalue weighted by Crippen LogP contribution is -1.96. The van der Waals surface area contributed by atoms with Crippen molar-refractivity contribution >= 4 is 5.69 Å². The molecule has 1 aromatic heterocycles. The summed E-state index contributed by atoms with van der Waals surface area (Å²) >= 11 is 0. The number of rotatable bonds is 6.